The highest BCUT2D eigenvalue weighted by Gasteiger charge is 2.04. The Morgan fingerprint density at radius 2 is 2.38 bits per heavy atom. The SMILES string of the molecule is COc1cccc(NCCC2=CCCC2)n1. The number of anilines is 1. The van der Waals surface area contributed by atoms with Crippen LogP contribution in [0.25, 0.3) is 0 Å². The highest BCUT2D eigenvalue weighted by Crippen LogP contribution is 2.20. The average Bonchev–Trinajstić information content (AvgIpc) is 2.82. The van der Waals surface area contributed by atoms with Gasteiger partial charge in [0.2, 0.25) is 5.88 Å². The molecule has 1 heterocycles. The molecule has 0 unspecified atom stereocenters. The molecular formula is C13H18N2O. The predicted octanol–water partition coefficient (Wildman–Crippen LogP) is 3.00. The van der Waals surface area contributed by atoms with Gasteiger partial charge in [-0.1, -0.05) is 17.7 Å². The first-order valence-electron chi connectivity index (χ1n) is 5.81. The number of nitrogens with one attached hydrogen (secondary N) is 1. The van der Waals surface area contributed by atoms with Gasteiger partial charge in [-0.25, -0.2) is 0 Å². The molecule has 0 spiro atoms. The summed E-state index contributed by atoms with van der Waals surface area (Å²) in [5.74, 6) is 1.54. The number of hydrogen-bond donors (Lipinski definition) is 1. The number of allylic oxidation sites excluding steroid dienone is 1. The van der Waals surface area contributed by atoms with Gasteiger partial charge in [0, 0.05) is 12.6 Å². The van der Waals surface area contributed by atoms with Crippen LogP contribution in [-0.2, 0) is 0 Å². The molecule has 0 atom stereocenters. The molecule has 16 heavy (non-hydrogen) atoms. The van der Waals surface area contributed by atoms with E-state index in [-0.39, 0.29) is 0 Å². The molecule has 0 fully saturated rings. The molecule has 0 saturated carbocycles. The summed E-state index contributed by atoms with van der Waals surface area (Å²) in [4.78, 5) is 4.30. The fraction of sp³-hybridized carbons (Fsp3) is 0.462. The summed E-state index contributed by atoms with van der Waals surface area (Å²) >= 11 is 0. The molecule has 86 valence electrons. The van der Waals surface area contributed by atoms with Crippen LogP contribution in [0.5, 0.6) is 5.88 Å². The zero-order valence-corrected chi connectivity index (χ0v) is 9.70. The zero-order chi connectivity index (χ0) is 11.2. The van der Waals surface area contributed by atoms with Crippen molar-refractivity contribution in [1.82, 2.24) is 4.98 Å². The van der Waals surface area contributed by atoms with Crippen LogP contribution in [0, 0.1) is 0 Å². The minimum absolute atomic E-state index is 0.657. The summed E-state index contributed by atoms with van der Waals surface area (Å²) in [6.45, 7) is 0.950. The number of pyridine rings is 1. The third kappa shape index (κ3) is 2.99. The van der Waals surface area contributed by atoms with E-state index in [1.54, 1.807) is 12.7 Å². The van der Waals surface area contributed by atoms with E-state index in [1.165, 1.54) is 19.3 Å². The minimum atomic E-state index is 0.657. The fourth-order valence-corrected chi connectivity index (χ4v) is 1.94. The van der Waals surface area contributed by atoms with Gasteiger partial charge in [-0.15, -0.1) is 0 Å². The number of hydrogen-bond acceptors (Lipinski definition) is 3. The predicted molar refractivity (Wildman–Crippen MR) is 65.8 cm³/mol. The Kier molecular flexibility index (Phi) is 3.81. The van der Waals surface area contributed by atoms with Crippen LogP contribution in [0.15, 0.2) is 29.8 Å². The standard InChI is InChI=1S/C13H18N2O/c1-16-13-8-4-7-12(15-13)14-10-9-11-5-2-3-6-11/h4-5,7-8H,2-3,6,9-10H2,1H3,(H,14,15). The lowest BCUT2D eigenvalue weighted by atomic mass is 10.2. The average molecular weight is 218 g/mol. The Balaban J connectivity index is 1.80. The number of methoxy groups -OCH3 is 1. The van der Waals surface area contributed by atoms with Crippen molar-refractivity contribution in [1.29, 1.82) is 0 Å². The third-order valence-corrected chi connectivity index (χ3v) is 2.82. The van der Waals surface area contributed by atoms with Crippen LogP contribution >= 0.6 is 0 Å². The Labute approximate surface area is 96.5 Å². The molecule has 1 aromatic heterocycles. The van der Waals surface area contributed by atoms with Gasteiger partial charge >= 0.3 is 0 Å². The maximum atomic E-state index is 5.07. The normalized spacial score (nSPS) is 14.7. The van der Waals surface area contributed by atoms with Crippen molar-refractivity contribution in [3.8, 4) is 5.88 Å². The molecule has 1 aromatic rings. The van der Waals surface area contributed by atoms with Gasteiger partial charge in [-0.3, -0.25) is 0 Å². The summed E-state index contributed by atoms with van der Waals surface area (Å²) in [5, 5.41) is 3.31. The van der Waals surface area contributed by atoms with Crippen LogP contribution in [-0.4, -0.2) is 18.6 Å². The molecule has 3 nitrogen and oxygen atoms in total. The van der Waals surface area contributed by atoms with Gasteiger partial charge in [0.1, 0.15) is 5.82 Å². The molecular weight excluding hydrogens is 200 g/mol. The molecule has 0 radical (unpaired) electrons. The van der Waals surface area contributed by atoms with E-state index in [0.717, 1.165) is 18.8 Å². The Morgan fingerprint density at radius 1 is 1.44 bits per heavy atom. The van der Waals surface area contributed by atoms with Crippen molar-refractivity contribution >= 4 is 5.82 Å². The van der Waals surface area contributed by atoms with Gasteiger partial charge in [0.05, 0.1) is 7.11 Å². The molecule has 1 aliphatic rings. The number of nitrogens with zero attached hydrogens (tertiary/aromatic N) is 1. The molecule has 0 aromatic carbocycles. The Morgan fingerprint density at radius 3 is 3.12 bits per heavy atom. The lowest BCUT2D eigenvalue weighted by Gasteiger charge is -2.07. The molecule has 2 rings (SSSR count). The largest absolute Gasteiger partial charge is 0.481 e. The first kappa shape index (κ1) is 11.0. The molecule has 0 amide bonds. The van der Waals surface area contributed by atoms with E-state index in [2.05, 4.69) is 16.4 Å². The smallest absolute Gasteiger partial charge is 0.214 e. The Bertz CT molecular complexity index is 374. The third-order valence-electron chi connectivity index (χ3n) is 2.82. The fourth-order valence-electron chi connectivity index (χ4n) is 1.94. The van der Waals surface area contributed by atoms with Gasteiger partial charge < -0.3 is 10.1 Å². The van der Waals surface area contributed by atoms with Crippen LogP contribution in [0.1, 0.15) is 25.7 Å². The first-order chi connectivity index (χ1) is 7.88. The quantitative estimate of drug-likeness (QED) is 0.771. The number of rotatable bonds is 5. The van der Waals surface area contributed by atoms with Gasteiger partial charge in [0.25, 0.3) is 0 Å². The van der Waals surface area contributed by atoms with Crippen molar-refractivity contribution in [2.24, 2.45) is 0 Å². The van der Waals surface area contributed by atoms with E-state index in [4.69, 9.17) is 4.74 Å². The van der Waals surface area contributed by atoms with Crippen molar-refractivity contribution in [2.45, 2.75) is 25.7 Å². The minimum Gasteiger partial charge on any atom is -0.481 e. The molecule has 3 heteroatoms. The highest BCUT2D eigenvalue weighted by molar-refractivity contribution is 5.37. The summed E-state index contributed by atoms with van der Waals surface area (Å²) in [6.07, 6.45) is 7.34. The molecule has 1 aliphatic carbocycles. The summed E-state index contributed by atoms with van der Waals surface area (Å²) in [5.41, 5.74) is 1.58. The summed E-state index contributed by atoms with van der Waals surface area (Å²) < 4.78 is 5.07. The van der Waals surface area contributed by atoms with E-state index < -0.39 is 0 Å². The van der Waals surface area contributed by atoms with Gasteiger partial charge in [-0.05, 0) is 31.7 Å². The molecule has 0 aliphatic heterocycles. The number of ether oxygens (including phenoxy) is 1. The maximum Gasteiger partial charge on any atom is 0.214 e. The molecule has 1 N–H and O–H groups in total. The van der Waals surface area contributed by atoms with Gasteiger partial charge in [0.15, 0.2) is 0 Å². The highest BCUT2D eigenvalue weighted by atomic mass is 16.5. The topological polar surface area (TPSA) is 34.1 Å². The van der Waals surface area contributed by atoms with E-state index in [0.29, 0.717) is 5.88 Å². The van der Waals surface area contributed by atoms with E-state index in [9.17, 15) is 0 Å². The maximum absolute atomic E-state index is 5.07. The second kappa shape index (κ2) is 5.54. The van der Waals surface area contributed by atoms with Crippen LogP contribution in [0.3, 0.4) is 0 Å². The molecule has 0 bridgehead atoms. The summed E-state index contributed by atoms with van der Waals surface area (Å²) in [7, 11) is 1.63. The molecule has 0 saturated heterocycles. The van der Waals surface area contributed by atoms with Crippen molar-refractivity contribution in [2.75, 3.05) is 19.0 Å². The monoisotopic (exact) mass is 218 g/mol. The second-order valence-corrected chi connectivity index (χ2v) is 4.00. The first-order valence-corrected chi connectivity index (χ1v) is 5.81. The van der Waals surface area contributed by atoms with Crippen molar-refractivity contribution in [3.05, 3.63) is 29.8 Å². The van der Waals surface area contributed by atoms with E-state index >= 15 is 0 Å². The number of aromatic nitrogens is 1. The van der Waals surface area contributed by atoms with E-state index in [1.807, 2.05) is 18.2 Å². The van der Waals surface area contributed by atoms with Crippen LogP contribution in [0.4, 0.5) is 5.82 Å². The van der Waals surface area contributed by atoms with Crippen molar-refractivity contribution in [3.63, 3.8) is 0 Å². The van der Waals surface area contributed by atoms with Crippen LogP contribution in [0.2, 0.25) is 0 Å². The van der Waals surface area contributed by atoms with Gasteiger partial charge in [-0.2, -0.15) is 4.98 Å². The lowest BCUT2D eigenvalue weighted by Crippen LogP contribution is -2.04. The second-order valence-electron chi connectivity index (χ2n) is 4.00. The lowest BCUT2D eigenvalue weighted by molar-refractivity contribution is 0.398. The summed E-state index contributed by atoms with van der Waals surface area (Å²) in [6, 6.07) is 5.76. The van der Waals surface area contributed by atoms with Crippen molar-refractivity contribution < 1.29 is 4.74 Å². The Hall–Kier alpha value is -1.51. The zero-order valence-electron chi connectivity index (χ0n) is 9.70. The van der Waals surface area contributed by atoms with Crippen LogP contribution < -0.4 is 10.1 Å².